The van der Waals surface area contributed by atoms with E-state index in [1.165, 1.54) is 6.42 Å². The molecule has 1 aliphatic rings. The third-order valence-electron chi connectivity index (χ3n) is 2.70. The van der Waals surface area contributed by atoms with Crippen molar-refractivity contribution in [3.8, 4) is 0 Å². The molecule has 2 heterocycles. The molecule has 0 aromatic carbocycles. The highest BCUT2D eigenvalue weighted by Crippen LogP contribution is 2.13. The van der Waals surface area contributed by atoms with Gasteiger partial charge < -0.3 is 15.8 Å². The largest absolute Gasteiger partial charge is 0.376 e. The van der Waals surface area contributed by atoms with E-state index in [4.69, 9.17) is 10.5 Å². The lowest BCUT2D eigenvalue weighted by molar-refractivity contribution is 0.0247. The maximum atomic E-state index is 10.8. The zero-order valence-electron chi connectivity index (χ0n) is 9.56. The molecule has 1 atom stereocenters. The molecule has 1 amide bonds. The zero-order valence-corrected chi connectivity index (χ0v) is 9.56. The minimum absolute atomic E-state index is 0.171. The predicted molar refractivity (Wildman–Crippen MR) is 62.6 cm³/mol. The molecule has 17 heavy (non-hydrogen) atoms. The molecule has 6 nitrogen and oxygen atoms in total. The molecule has 1 unspecified atom stereocenters. The number of aromatic nitrogens is 2. The molecule has 6 heteroatoms. The quantitative estimate of drug-likeness (QED) is 0.797. The van der Waals surface area contributed by atoms with E-state index in [2.05, 4.69) is 15.5 Å². The maximum absolute atomic E-state index is 10.8. The third-order valence-corrected chi connectivity index (χ3v) is 2.70. The molecule has 0 spiro atoms. The first kappa shape index (κ1) is 11.8. The van der Waals surface area contributed by atoms with Crippen LogP contribution in [0.2, 0.25) is 0 Å². The van der Waals surface area contributed by atoms with Crippen LogP contribution in [-0.2, 0) is 4.74 Å². The molecule has 3 N–H and O–H groups in total. The molecule has 92 valence electrons. The Labute approximate surface area is 99.6 Å². The van der Waals surface area contributed by atoms with Gasteiger partial charge in [-0.1, -0.05) is 0 Å². The molecular weight excluding hydrogens is 220 g/mol. The van der Waals surface area contributed by atoms with E-state index in [1.807, 2.05) is 0 Å². The molecular formula is C11H16N4O2. The van der Waals surface area contributed by atoms with Gasteiger partial charge in [0.2, 0.25) is 0 Å². The van der Waals surface area contributed by atoms with Crippen LogP contribution in [0.1, 0.15) is 29.8 Å². The minimum atomic E-state index is -0.570. The van der Waals surface area contributed by atoms with Gasteiger partial charge in [0.1, 0.15) is 5.82 Å². The van der Waals surface area contributed by atoms with Gasteiger partial charge in [0, 0.05) is 13.2 Å². The van der Waals surface area contributed by atoms with Gasteiger partial charge in [-0.15, -0.1) is 10.2 Å². The normalized spacial score (nSPS) is 19.9. The zero-order chi connectivity index (χ0) is 12.1. The van der Waals surface area contributed by atoms with Crippen LogP contribution in [-0.4, -0.2) is 35.4 Å². The van der Waals surface area contributed by atoms with E-state index in [1.54, 1.807) is 12.1 Å². The summed E-state index contributed by atoms with van der Waals surface area (Å²) in [5, 5.41) is 10.7. The van der Waals surface area contributed by atoms with Gasteiger partial charge in [0.15, 0.2) is 5.69 Å². The molecule has 0 saturated carbocycles. The Bertz CT molecular complexity index is 374. The molecule has 1 aliphatic heterocycles. The smallest absolute Gasteiger partial charge is 0.269 e. The average Bonchev–Trinajstić information content (AvgIpc) is 2.38. The highest BCUT2D eigenvalue weighted by Gasteiger charge is 2.13. The predicted octanol–water partition coefficient (Wildman–Crippen LogP) is 0.556. The SMILES string of the molecule is NC(=O)c1ccc(NCC2CCCCO2)nn1. The summed E-state index contributed by atoms with van der Waals surface area (Å²) < 4.78 is 5.58. The van der Waals surface area contributed by atoms with Crippen LogP contribution in [0.15, 0.2) is 12.1 Å². The van der Waals surface area contributed by atoms with Crippen molar-refractivity contribution in [3.05, 3.63) is 17.8 Å². The number of amides is 1. The fourth-order valence-electron chi connectivity index (χ4n) is 1.74. The number of nitrogens with one attached hydrogen (secondary N) is 1. The van der Waals surface area contributed by atoms with Gasteiger partial charge in [-0.3, -0.25) is 4.79 Å². The van der Waals surface area contributed by atoms with Crippen LogP contribution in [0.4, 0.5) is 5.82 Å². The Kier molecular flexibility index (Phi) is 3.87. The Morgan fingerprint density at radius 1 is 1.47 bits per heavy atom. The van der Waals surface area contributed by atoms with Crippen molar-refractivity contribution in [1.29, 1.82) is 0 Å². The van der Waals surface area contributed by atoms with E-state index in [-0.39, 0.29) is 11.8 Å². The number of ether oxygens (including phenoxy) is 1. The lowest BCUT2D eigenvalue weighted by atomic mass is 10.1. The molecule has 1 fully saturated rings. The Morgan fingerprint density at radius 2 is 2.35 bits per heavy atom. The molecule has 1 saturated heterocycles. The standard InChI is InChI=1S/C11H16N4O2/c12-11(16)9-4-5-10(15-14-9)13-7-8-3-1-2-6-17-8/h4-5,8H,1-3,6-7H2,(H2,12,16)(H,13,15). The lowest BCUT2D eigenvalue weighted by Gasteiger charge is -2.22. The first-order chi connectivity index (χ1) is 8.25. The van der Waals surface area contributed by atoms with E-state index in [0.717, 1.165) is 19.4 Å². The summed E-state index contributed by atoms with van der Waals surface area (Å²) in [6.07, 6.45) is 3.66. The fraction of sp³-hybridized carbons (Fsp3) is 0.545. The lowest BCUT2D eigenvalue weighted by Crippen LogP contribution is -2.27. The number of nitrogens with zero attached hydrogens (tertiary/aromatic N) is 2. The number of hydrogen-bond acceptors (Lipinski definition) is 5. The summed E-state index contributed by atoms with van der Waals surface area (Å²) in [5.41, 5.74) is 5.24. The number of nitrogens with two attached hydrogens (primary N) is 1. The van der Waals surface area contributed by atoms with Crippen LogP contribution in [0.25, 0.3) is 0 Å². The Hall–Kier alpha value is -1.69. The number of carbonyl (C=O) groups is 1. The average molecular weight is 236 g/mol. The molecule has 0 aliphatic carbocycles. The molecule has 1 aromatic heterocycles. The van der Waals surface area contributed by atoms with Crippen LogP contribution in [0.3, 0.4) is 0 Å². The topological polar surface area (TPSA) is 90.1 Å². The van der Waals surface area contributed by atoms with Gasteiger partial charge in [-0.05, 0) is 31.4 Å². The number of carbonyl (C=O) groups excluding carboxylic acids is 1. The van der Waals surface area contributed by atoms with Gasteiger partial charge in [0.05, 0.1) is 6.10 Å². The van der Waals surface area contributed by atoms with E-state index < -0.39 is 5.91 Å². The van der Waals surface area contributed by atoms with E-state index in [9.17, 15) is 4.79 Å². The van der Waals surface area contributed by atoms with Crippen molar-refractivity contribution in [3.63, 3.8) is 0 Å². The van der Waals surface area contributed by atoms with E-state index in [0.29, 0.717) is 12.4 Å². The van der Waals surface area contributed by atoms with Crippen molar-refractivity contribution < 1.29 is 9.53 Å². The Morgan fingerprint density at radius 3 is 2.94 bits per heavy atom. The molecule has 0 bridgehead atoms. The molecule has 1 aromatic rings. The second kappa shape index (κ2) is 5.58. The Balaban J connectivity index is 1.84. The van der Waals surface area contributed by atoms with Crippen molar-refractivity contribution in [2.45, 2.75) is 25.4 Å². The van der Waals surface area contributed by atoms with Crippen LogP contribution >= 0.6 is 0 Å². The third kappa shape index (κ3) is 3.39. The molecule has 2 rings (SSSR count). The second-order valence-corrected chi connectivity index (χ2v) is 4.04. The van der Waals surface area contributed by atoms with Crippen molar-refractivity contribution in [1.82, 2.24) is 10.2 Å². The van der Waals surface area contributed by atoms with Crippen LogP contribution in [0.5, 0.6) is 0 Å². The summed E-state index contributed by atoms with van der Waals surface area (Å²) in [4.78, 5) is 10.8. The van der Waals surface area contributed by atoms with Gasteiger partial charge in [-0.2, -0.15) is 0 Å². The summed E-state index contributed by atoms with van der Waals surface area (Å²) in [7, 11) is 0. The van der Waals surface area contributed by atoms with Gasteiger partial charge in [0.25, 0.3) is 5.91 Å². The number of hydrogen-bond donors (Lipinski definition) is 2. The summed E-state index contributed by atoms with van der Waals surface area (Å²) in [5.74, 6) is 0.0591. The van der Waals surface area contributed by atoms with Gasteiger partial charge in [-0.25, -0.2) is 0 Å². The van der Waals surface area contributed by atoms with Crippen LogP contribution in [0, 0.1) is 0 Å². The summed E-state index contributed by atoms with van der Waals surface area (Å²) in [6, 6.07) is 3.25. The van der Waals surface area contributed by atoms with Crippen molar-refractivity contribution in [2.24, 2.45) is 5.73 Å². The first-order valence-corrected chi connectivity index (χ1v) is 5.75. The fourth-order valence-corrected chi connectivity index (χ4v) is 1.74. The number of anilines is 1. The maximum Gasteiger partial charge on any atom is 0.269 e. The first-order valence-electron chi connectivity index (χ1n) is 5.75. The minimum Gasteiger partial charge on any atom is -0.376 e. The van der Waals surface area contributed by atoms with Crippen LogP contribution < -0.4 is 11.1 Å². The number of primary amides is 1. The number of rotatable bonds is 4. The highest BCUT2D eigenvalue weighted by atomic mass is 16.5. The van der Waals surface area contributed by atoms with Gasteiger partial charge >= 0.3 is 0 Å². The summed E-state index contributed by atoms with van der Waals surface area (Å²) >= 11 is 0. The van der Waals surface area contributed by atoms with Crippen molar-refractivity contribution in [2.75, 3.05) is 18.5 Å². The second-order valence-electron chi connectivity index (χ2n) is 4.04. The monoisotopic (exact) mass is 236 g/mol. The van der Waals surface area contributed by atoms with E-state index >= 15 is 0 Å². The van der Waals surface area contributed by atoms with Crippen molar-refractivity contribution >= 4 is 11.7 Å². The summed E-state index contributed by atoms with van der Waals surface area (Å²) in [6.45, 7) is 1.54. The highest BCUT2D eigenvalue weighted by molar-refractivity contribution is 5.90. The molecule has 0 radical (unpaired) electrons.